The van der Waals surface area contributed by atoms with Crippen LogP contribution in [0.3, 0.4) is 0 Å². The Bertz CT molecular complexity index is 1050. The number of hydrogen-bond donors (Lipinski definition) is 1. The first-order chi connectivity index (χ1) is 14.5. The zero-order valence-corrected chi connectivity index (χ0v) is 16.9. The summed E-state index contributed by atoms with van der Waals surface area (Å²) >= 11 is 6.13. The lowest BCUT2D eigenvalue weighted by molar-refractivity contribution is 0.0697. The molecule has 1 saturated heterocycles. The monoisotopic (exact) mass is 431 g/mol. The van der Waals surface area contributed by atoms with Crippen molar-refractivity contribution in [2.45, 2.75) is 25.8 Å². The number of rotatable bonds is 4. The summed E-state index contributed by atoms with van der Waals surface area (Å²) in [4.78, 5) is 27.1. The summed E-state index contributed by atoms with van der Waals surface area (Å²) in [6.45, 7) is 2.60. The van der Waals surface area contributed by atoms with Gasteiger partial charge in [-0.25, -0.2) is 4.39 Å². The van der Waals surface area contributed by atoms with Crippen LogP contribution in [0.1, 0.15) is 39.3 Å². The first-order valence-corrected chi connectivity index (χ1v) is 9.86. The maximum Gasteiger partial charge on any atom is 0.257 e. The standard InChI is InChI=1S/C21H19ClFN3O4/c1-12-17(19(25-30-12)18-15(22)3-2-4-16(18)23)20(27)24-14-5-8-26(9-6-14)21(28)13-7-10-29-11-13/h2-4,7,10-11,14H,5-6,8-9H2,1H3,(H,24,27). The molecule has 1 fully saturated rings. The first-order valence-electron chi connectivity index (χ1n) is 9.48. The molecule has 0 aliphatic carbocycles. The van der Waals surface area contributed by atoms with Crippen LogP contribution in [0.15, 0.2) is 45.7 Å². The van der Waals surface area contributed by atoms with Gasteiger partial charge in [0.15, 0.2) is 0 Å². The molecule has 4 rings (SSSR count). The third-order valence-corrected chi connectivity index (χ3v) is 5.49. The van der Waals surface area contributed by atoms with Crippen LogP contribution < -0.4 is 5.32 Å². The highest BCUT2D eigenvalue weighted by Gasteiger charge is 2.29. The molecule has 0 saturated carbocycles. The largest absolute Gasteiger partial charge is 0.472 e. The molecule has 0 unspecified atom stereocenters. The number of hydrogen-bond acceptors (Lipinski definition) is 5. The number of piperidine rings is 1. The minimum Gasteiger partial charge on any atom is -0.472 e. The number of furan rings is 1. The molecule has 30 heavy (non-hydrogen) atoms. The van der Waals surface area contributed by atoms with Gasteiger partial charge in [0.2, 0.25) is 0 Å². The Kier molecular flexibility index (Phi) is 5.59. The van der Waals surface area contributed by atoms with Crippen LogP contribution in [0.2, 0.25) is 5.02 Å². The summed E-state index contributed by atoms with van der Waals surface area (Å²) in [6, 6.07) is 5.74. The number of nitrogens with one attached hydrogen (secondary N) is 1. The summed E-state index contributed by atoms with van der Waals surface area (Å²) in [5.74, 6) is -0.826. The smallest absolute Gasteiger partial charge is 0.257 e. The topological polar surface area (TPSA) is 88.6 Å². The van der Waals surface area contributed by atoms with Crippen LogP contribution in [0.4, 0.5) is 4.39 Å². The molecule has 0 atom stereocenters. The Morgan fingerprint density at radius 3 is 2.70 bits per heavy atom. The van der Waals surface area contributed by atoms with Crippen molar-refractivity contribution < 1.29 is 22.9 Å². The lowest BCUT2D eigenvalue weighted by Crippen LogP contribution is -2.46. The van der Waals surface area contributed by atoms with E-state index < -0.39 is 11.7 Å². The van der Waals surface area contributed by atoms with Crippen LogP contribution in [0, 0.1) is 12.7 Å². The molecule has 2 aromatic heterocycles. The summed E-state index contributed by atoms with van der Waals surface area (Å²) < 4.78 is 24.5. The number of halogens is 2. The van der Waals surface area contributed by atoms with Gasteiger partial charge in [0.25, 0.3) is 11.8 Å². The second kappa shape index (κ2) is 8.31. The van der Waals surface area contributed by atoms with Crippen LogP contribution in [0.5, 0.6) is 0 Å². The number of likely N-dealkylation sites (tertiary alicyclic amines) is 1. The number of nitrogens with zero attached hydrogens (tertiary/aromatic N) is 2. The van der Waals surface area contributed by atoms with E-state index in [1.165, 1.54) is 30.7 Å². The van der Waals surface area contributed by atoms with Crippen molar-refractivity contribution in [1.82, 2.24) is 15.4 Å². The van der Waals surface area contributed by atoms with Crippen LogP contribution >= 0.6 is 11.6 Å². The Hall–Kier alpha value is -3.13. The maximum atomic E-state index is 14.3. The molecule has 1 aromatic carbocycles. The molecule has 2 amide bonds. The molecule has 156 valence electrons. The van der Waals surface area contributed by atoms with Crippen molar-refractivity contribution in [2.75, 3.05) is 13.1 Å². The predicted octanol–water partition coefficient (Wildman–Crippen LogP) is 4.07. The third-order valence-electron chi connectivity index (χ3n) is 5.17. The fraction of sp³-hybridized carbons (Fsp3) is 0.286. The van der Waals surface area contributed by atoms with Crippen molar-refractivity contribution in [3.63, 3.8) is 0 Å². The summed E-state index contributed by atoms with van der Waals surface area (Å²) in [5, 5.41) is 6.95. The summed E-state index contributed by atoms with van der Waals surface area (Å²) in [7, 11) is 0. The highest BCUT2D eigenvalue weighted by atomic mass is 35.5. The van der Waals surface area contributed by atoms with E-state index in [2.05, 4.69) is 10.5 Å². The van der Waals surface area contributed by atoms with Gasteiger partial charge >= 0.3 is 0 Å². The Labute approximate surface area is 176 Å². The first kappa shape index (κ1) is 20.2. The zero-order chi connectivity index (χ0) is 21.3. The van der Waals surface area contributed by atoms with Gasteiger partial charge < -0.3 is 19.2 Å². The van der Waals surface area contributed by atoms with Gasteiger partial charge in [-0.15, -0.1) is 0 Å². The quantitative estimate of drug-likeness (QED) is 0.672. The minimum absolute atomic E-state index is 0.0293. The molecule has 1 N–H and O–H groups in total. The van der Waals surface area contributed by atoms with Crippen LogP contribution in [0.25, 0.3) is 11.3 Å². The van der Waals surface area contributed by atoms with Crippen LogP contribution in [-0.4, -0.2) is 41.0 Å². The van der Waals surface area contributed by atoms with E-state index in [4.69, 9.17) is 20.5 Å². The van der Waals surface area contributed by atoms with Crippen molar-refractivity contribution in [1.29, 1.82) is 0 Å². The van der Waals surface area contributed by atoms with Gasteiger partial charge in [0, 0.05) is 19.1 Å². The van der Waals surface area contributed by atoms with E-state index >= 15 is 0 Å². The van der Waals surface area contributed by atoms with Crippen molar-refractivity contribution >= 4 is 23.4 Å². The molecule has 1 aliphatic rings. The molecule has 9 heteroatoms. The Morgan fingerprint density at radius 1 is 1.27 bits per heavy atom. The van der Waals surface area contributed by atoms with Gasteiger partial charge in [0.1, 0.15) is 29.1 Å². The van der Waals surface area contributed by atoms with Crippen LogP contribution in [-0.2, 0) is 0 Å². The highest BCUT2D eigenvalue weighted by Crippen LogP contribution is 2.33. The fourth-order valence-corrected chi connectivity index (χ4v) is 3.84. The van der Waals surface area contributed by atoms with E-state index in [-0.39, 0.29) is 39.6 Å². The summed E-state index contributed by atoms with van der Waals surface area (Å²) in [6.07, 6.45) is 4.06. The van der Waals surface area contributed by atoms with Crippen molar-refractivity contribution in [3.05, 3.63) is 64.5 Å². The molecule has 0 spiro atoms. The van der Waals surface area contributed by atoms with E-state index in [0.29, 0.717) is 31.5 Å². The maximum absolute atomic E-state index is 14.3. The Balaban J connectivity index is 1.46. The molecule has 3 aromatic rings. The van der Waals surface area contributed by atoms with Gasteiger partial charge in [-0.1, -0.05) is 22.8 Å². The predicted molar refractivity (Wildman–Crippen MR) is 107 cm³/mol. The number of amides is 2. The molecular weight excluding hydrogens is 413 g/mol. The average Bonchev–Trinajstić information content (AvgIpc) is 3.38. The van der Waals surface area contributed by atoms with Gasteiger partial charge in [0.05, 0.1) is 22.4 Å². The van der Waals surface area contributed by atoms with E-state index in [1.807, 2.05) is 0 Å². The van der Waals surface area contributed by atoms with Gasteiger partial charge in [-0.2, -0.15) is 0 Å². The average molecular weight is 432 g/mol. The highest BCUT2D eigenvalue weighted by molar-refractivity contribution is 6.33. The molecule has 0 bridgehead atoms. The molecule has 3 heterocycles. The number of carbonyl (C=O) groups is 2. The number of aromatic nitrogens is 1. The SMILES string of the molecule is Cc1onc(-c2c(F)cccc2Cl)c1C(=O)NC1CCN(C(=O)c2ccoc2)CC1. The van der Waals surface area contributed by atoms with E-state index in [0.717, 1.165) is 0 Å². The third kappa shape index (κ3) is 3.82. The fourth-order valence-electron chi connectivity index (χ4n) is 3.59. The summed E-state index contributed by atoms with van der Waals surface area (Å²) in [5.41, 5.74) is 0.755. The van der Waals surface area contributed by atoms with E-state index in [1.54, 1.807) is 17.9 Å². The molecule has 1 aliphatic heterocycles. The number of benzene rings is 1. The second-order valence-corrected chi connectivity index (χ2v) is 7.52. The van der Waals surface area contributed by atoms with E-state index in [9.17, 15) is 14.0 Å². The van der Waals surface area contributed by atoms with Crippen molar-refractivity contribution in [3.8, 4) is 11.3 Å². The zero-order valence-electron chi connectivity index (χ0n) is 16.2. The Morgan fingerprint density at radius 2 is 2.03 bits per heavy atom. The second-order valence-electron chi connectivity index (χ2n) is 7.11. The molecule has 0 radical (unpaired) electrons. The van der Waals surface area contributed by atoms with Gasteiger partial charge in [-0.3, -0.25) is 9.59 Å². The van der Waals surface area contributed by atoms with Gasteiger partial charge in [-0.05, 0) is 38.0 Å². The number of carbonyl (C=O) groups excluding carboxylic acids is 2. The molecule has 7 nitrogen and oxygen atoms in total. The number of aryl methyl sites for hydroxylation is 1. The normalized spacial score (nSPS) is 14.7. The molecular formula is C21H19ClFN3O4. The lowest BCUT2D eigenvalue weighted by Gasteiger charge is -2.32. The minimum atomic E-state index is -0.587. The lowest BCUT2D eigenvalue weighted by atomic mass is 10.0. The van der Waals surface area contributed by atoms with Crippen molar-refractivity contribution in [2.24, 2.45) is 0 Å².